The lowest BCUT2D eigenvalue weighted by Crippen LogP contribution is -2.28. The lowest BCUT2D eigenvalue weighted by molar-refractivity contribution is 0.0948. The van der Waals surface area contributed by atoms with Gasteiger partial charge < -0.3 is 28.5 Å². The Bertz CT molecular complexity index is 1330. The van der Waals surface area contributed by atoms with Crippen molar-refractivity contribution in [2.24, 2.45) is 0 Å². The Kier molecular flexibility index (Phi) is 7.82. The average molecular weight is 530 g/mol. The number of hydrogen-bond acceptors (Lipinski definition) is 7. The van der Waals surface area contributed by atoms with E-state index in [0.717, 1.165) is 35.7 Å². The van der Waals surface area contributed by atoms with Gasteiger partial charge in [-0.1, -0.05) is 36.4 Å². The standard InChI is InChI=1S/C32H35NO6/c1-35-26-14-8-23(9-15-26)32(34,24-10-16-27(36-2)17-11-24)30-19-18-28(39-30)21-33(25-12-13-25)20-22-6-5-7-29(37-3)31(22)38-4/h5-11,14-19,25,34H,12-13,20-21H2,1-4H3. The third-order valence-corrected chi connectivity index (χ3v) is 7.31. The Morgan fingerprint density at radius 1 is 0.744 bits per heavy atom. The highest BCUT2D eigenvalue weighted by atomic mass is 16.5. The van der Waals surface area contributed by atoms with Crippen molar-refractivity contribution in [1.82, 2.24) is 4.90 Å². The fourth-order valence-electron chi connectivity index (χ4n) is 5.02. The van der Waals surface area contributed by atoms with Gasteiger partial charge in [-0.15, -0.1) is 0 Å². The second kappa shape index (κ2) is 11.4. The molecular formula is C32H35NO6. The molecule has 0 spiro atoms. The van der Waals surface area contributed by atoms with Crippen LogP contribution in [0.2, 0.25) is 0 Å². The van der Waals surface area contributed by atoms with Crippen molar-refractivity contribution < 1.29 is 28.5 Å². The topological polar surface area (TPSA) is 73.5 Å². The summed E-state index contributed by atoms with van der Waals surface area (Å²) in [7, 11) is 6.56. The van der Waals surface area contributed by atoms with Gasteiger partial charge in [-0.3, -0.25) is 4.90 Å². The number of nitrogens with zero attached hydrogens (tertiary/aromatic N) is 1. The minimum Gasteiger partial charge on any atom is -0.497 e. The number of para-hydroxylation sites is 1. The number of furan rings is 1. The number of aliphatic hydroxyl groups is 1. The van der Waals surface area contributed by atoms with E-state index in [1.807, 2.05) is 72.8 Å². The molecular weight excluding hydrogens is 494 g/mol. The Hall–Kier alpha value is -3.94. The van der Waals surface area contributed by atoms with E-state index in [4.69, 9.17) is 23.4 Å². The maximum atomic E-state index is 12.3. The molecule has 1 aromatic heterocycles. The van der Waals surface area contributed by atoms with Gasteiger partial charge in [0.2, 0.25) is 0 Å². The number of ether oxygens (including phenoxy) is 4. The molecule has 1 fully saturated rings. The second-order valence-corrected chi connectivity index (χ2v) is 9.72. The number of rotatable bonds is 12. The predicted octanol–water partition coefficient (Wildman–Crippen LogP) is 5.76. The van der Waals surface area contributed by atoms with Crippen LogP contribution in [0.1, 0.15) is 41.1 Å². The molecule has 5 rings (SSSR count). The predicted molar refractivity (Wildman–Crippen MR) is 149 cm³/mol. The van der Waals surface area contributed by atoms with Crippen LogP contribution in [0.25, 0.3) is 0 Å². The molecule has 4 aromatic rings. The van der Waals surface area contributed by atoms with Crippen LogP contribution in [-0.2, 0) is 18.7 Å². The van der Waals surface area contributed by atoms with Crippen LogP contribution in [0.5, 0.6) is 23.0 Å². The van der Waals surface area contributed by atoms with E-state index in [2.05, 4.69) is 11.0 Å². The van der Waals surface area contributed by atoms with Gasteiger partial charge in [-0.25, -0.2) is 0 Å². The molecule has 0 atom stereocenters. The Morgan fingerprint density at radius 2 is 1.36 bits per heavy atom. The molecule has 0 amide bonds. The van der Waals surface area contributed by atoms with E-state index < -0.39 is 5.60 Å². The minimum absolute atomic E-state index is 0.447. The fourth-order valence-corrected chi connectivity index (χ4v) is 5.02. The van der Waals surface area contributed by atoms with Gasteiger partial charge in [0.1, 0.15) is 23.0 Å². The molecule has 0 aliphatic heterocycles. The molecule has 0 bridgehead atoms. The Labute approximate surface area is 229 Å². The summed E-state index contributed by atoms with van der Waals surface area (Å²) in [5.74, 6) is 4.11. The summed E-state index contributed by atoms with van der Waals surface area (Å²) in [6.45, 7) is 1.30. The van der Waals surface area contributed by atoms with Crippen molar-refractivity contribution in [3.05, 3.63) is 107 Å². The van der Waals surface area contributed by atoms with Crippen LogP contribution in [0.3, 0.4) is 0 Å². The summed E-state index contributed by atoms with van der Waals surface area (Å²) in [5, 5.41) is 12.3. The van der Waals surface area contributed by atoms with Gasteiger partial charge in [0.15, 0.2) is 17.1 Å². The van der Waals surface area contributed by atoms with Crippen LogP contribution in [-0.4, -0.2) is 44.5 Å². The van der Waals surface area contributed by atoms with Crippen molar-refractivity contribution in [1.29, 1.82) is 0 Å². The van der Waals surface area contributed by atoms with Gasteiger partial charge >= 0.3 is 0 Å². The zero-order chi connectivity index (χ0) is 27.4. The molecule has 3 aromatic carbocycles. The maximum Gasteiger partial charge on any atom is 0.173 e. The highest BCUT2D eigenvalue weighted by molar-refractivity contribution is 5.48. The summed E-state index contributed by atoms with van der Waals surface area (Å²) in [4.78, 5) is 2.39. The van der Waals surface area contributed by atoms with E-state index in [1.165, 1.54) is 0 Å². The zero-order valence-electron chi connectivity index (χ0n) is 22.8. The van der Waals surface area contributed by atoms with Gasteiger partial charge in [0, 0.05) is 18.2 Å². The van der Waals surface area contributed by atoms with Crippen LogP contribution < -0.4 is 18.9 Å². The average Bonchev–Trinajstić information content (AvgIpc) is 3.74. The molecule has 1 saturated carbocycles. The van der Waals surface area contributed by atoms with Crippen molar-refractivity contribution in [3.63, 3.8) is 0 Å². The lowest BCUT2D eigenvalue weighted by Gasteiger charge is -2.28. The van der Waals surface area contributed by atoms with Gasteiger partial charge in [-0.05, 0) is 66.4 Å². The van der Waals surface area contributed by atoms with Crippen molar-refractivity contribution in [2.45, 2.75) is 37.6 Å². The largest absolute Gasteiger partial charge is 0.497 e. The van der Waals surface area contributed by atoms with E-state index in [1.54, 1.807) is 28.4 Å². The summed E-state index contributed by atoms with van der Waals surface area (Å²) in [6.07, 6.45) is 2.28. The second-order valence-electron chi connectivity index (χ2n) is 9.72. The summed E-state index contributed by atoms with van der Waals surface area (Å²) < 4.78 is 28.3. The van der Waals surface area contributed by atoms with Crippen LogP contribution in [0.4, 0.5) is 0 Å². The van der Waals surface area contributed by atoms with Crippen LogP contribution in [0.15, 0.2) is 83.3 Å². The van der Waals surface area contributed by atoms with E-state index in [9.17, 15) is 5.11 Å². The first-order chi connectivity index (χ1) is 19.0. The van der Waals surface area contributed by atoms with Crippen molar-refractivity contribution >= 4 is 0 Å². The summed E-state index contributed by atoms with van der Waals surface area (Å²) >= 11 is 0. The summed E-state index contributed by atoms with van der Waals surface area (Å²) in [6, 6.07) is 25.0. The minimum atomic E-state index is -1.50. The van der Waals surface area contributed by atoms with Crippen LogP contribution in [0, 0.1) is 0 Å². The number of benzene rings is 3. The van der Waals surface area contributed by atoms with Gasteiger partial charge in [0.25, 0.3) is 0 Å². The molecule has 204 valence electrons. The molecule has 39 heavy (non-hydrogen) atoms. The van der Waals surface area contributed by atoms with Crippen molar-refractivity contribution in [3.8, 4) is 23.0 Å². The Balaban J connectivity index is 1.46. The highest BCUT2D eigenvalue weighted by Gasteiger charge is 2.38. The van der Waals surface area contributed by atoms with Gasteiger partial charge in [-0.2, -0.15) is 0 Å². The lowest BCUT2D eigenvalue weighted by atomic mass is 9.84. The molecule has 0 radical (unpaired) electrons. The van der Waals surface area contributed by atoms with E-state index in [-0.39, 0.29) is 0 Å². The molecule has 7 nitrogen and oxygen atoms in total. The van der Waals surface area contributed by atoms with Gasteiger partial charge in [0.05, 0.1) is 35.0 Å². The van der Waals surface area contributed by atoms with E-state index in [0.29, 0.717) is 47.5 Å². The SMILES string of the molecule is COc1ccc(C(O)(c2ccc(OC)cc2)c2ccc(CN(Cc3cccc(OC)c3OC)C3CC3)o2)cc1. The normalized spacial score (nSPS) is 13.4. The van der Waals surface area contributed by atoms with E-state index >= 15 is 0 Å². The zero-order valence-corrected chi connectivity index (χ0v) is 22.8. The third-order valence-electron chi connectivity index (χ3n) is 7.31. The molecule has 1 aliphatic carbocycles. The first kappa shape index (κ1) is 26.7. The maximum absolute atomic E-state index is 12.3. The van der Waals surface area contributed by atoms with Crippen LogP contribution >= 0.6 is 0 Å². The fraction of sp³-hybridized carbons (Fsp3) is 0.312. The monoisotopic (exact) mass is 529 g/mol. The smallest absolute Gasteiger partial charge is 0.173 e. The van der Waals surface area contributed by atoms with Crippen molar-refractivity contribution in [2.75, 3.05) is 28.4 Å². The number of hydrogen-bond donors (Lipinski definition) is 1. The quantitative estimate of drug-likeness (QED) is 0.250. The molecule has 0 saturated heterocycles. The first-order valence-corrected chi connectivity index (χ1v) is 13.0. The summed E-state index contributed by atoms with van der Waals surface area (Å²) in [5.41, 5.74) is 0.907. The Morgan fingerprint density at radius 3 is 1.87 bits per heavy atom. The molecule has 1 aliphatic rings. The molecule has 1 N–H and O–H groups in total. The molecule has 7 heteroatoms. The number of methoxy groups -OCH3 is 4. The molecule has 0 unspecified atom stereocenters. The third kappa shape index (κ3) is 5.46. The first-order valence-electron chi connectivity index (χ1n) is 13.0. The molecule has 1 heterocycles. The highest BCUT2D eigenvalue weighted by Crippen LogP contribution is 2.40.